The van der Waals surface area contributed by atoms with Crippen molar-refractivity contribution in [3.63, 3.8) is 0 Å². The summed E-state index contributed by atoms with van der Waals surface area (Å²) in [4.78, 5) is 15.8. The summed E-state index contributed by atoms with van der Waals surface area (Å²) in [6, 6.07) is 6.57. The molecule has 31 heavy (non-hydrogen) atoms. The summed E-state index contributed by atoms with van der Waals surface area (Å²) in [6.45, 7) is 1.64. The number of hydrogen-bond acceptors (Lipinski definition) is 5. The van der Waals surface area contributed by atoms with Crippen molar-refractivity contribution in [2.45, 2.75) is 11.3 Å². The molecule has 1 saturated heterocycles. The van der Waals surface area contributed by atoms with Crippen LogP contribution in [0.3, 0.4) is 0 Å². The number of nitrogens with zero attached hydrogens (tertiary/aromatic N) is 3. The summed E-state index contributed by atoms with van der Waals surface area (Å²) < 4.78 is 69.7. The van der Waals surface area contributed by atoms with Crippen LogP contribution >= 0.6 is 0 Å². The van der Waals surface area contributed by atoms with Crippen LogP contribution in [-0.4, -0.2) is 62.7 Å². The first-order valence-corrected chi connectivity index (χ1v) is 11.0. The van der Waals surface area contributed by atoms with E-state index in [2.05, 4.69) is 9.71 Å². The minimum atomic E-state index is -4.02. The Kier molecular flexibility index (Phi) is 5.71. The molecule has 0 bridgehead atoms. The summed E-state index contributed by atoms with van der Waals surface area (Å²) >= 11 is 0. The van der Waals surface area contributed by atoms with Gasteiger partial charge in [0.1, 0.15) is 28.2 Å². The van der Waals surface area contributed by atoms with E-state index in [0.29, 0.717) is 32.1 Å². The summed E-state index contributed by atoms with van der Waals surface area (Å²) in [5.74, 6) is -2.82. The number of fused-ring (bicyclic) bond motifs is 1. The highest BCUT2D eigenvalue weighted by Crippen LogP contribution is 2.29. The van der Waals surface area contributed by atoms with Crippen molar-refractivity contribution in [3.05, 3.63) is 59.4 Å². The highest BCUT2D eigenvalue weighted by molar-refractivity contribution is 7.90. The highest BCUT2D eigenvalue weighted by Gasteiger charge is 2.29. The molecule has 0 aromatic heterocycles. The molecular formula is C20H19F3N4O3S. The zero-order valence-electron chi connectivity index (χ0n) is 16.3. The molecule has 1 N–H and O–H groups in total. The third-order valence-corrected chi connectivity index (χ3v) is 6.52. The lowest BCUT2D eigenvalue weighted by Crippen LogP contribution is -2.39. The first kappa shape index (κ1) is 21.3. The van der Waals surface area contributed by atoms with Crippen molar-refractivity contribution >= 4 is 27.5 Å². The van der Waals surface area contributed by atoms with E-state index < -0.39 is 33.4 Å². The van der Waals surface area contributed by atoms with Gasteiger partial charge in [-0.1, -0.05) is 6.07 Å². The number of amides is 1. The number of rotatable bonds is 3. The van der Waals surface area contributed by atoms with Crippen LogP contribution in [0, 0.1) is 17.5 Å². The fourth-order valence-corrected chi connectivity index (χ4v) is 4.80. The largest absolute Gasteiger partial charge is 0.338 e. The molecule has 0 aliphatic carbocycles. The summed E-state index contributed by atoms with van der Waals surface area (Å²) in [5.41, 5.74) is -0.336. The molecule has 0 spiro atoms. The number of benzene rings is 2. The van der Waals surface area contributed by atoms with Gasteiger partial charge in [0.25, 0.3) is 15.9 Å². The van der Waals surface area contributed by atoms with Gasteiger partial charge in [-0.2, -0.15) is 8.42 Å². The Morgan fingerprint density at radius 2 is 1.84 bits per heavy atom. The molecule has 0 unspecified atom stereocenters. The maximum absolute atomic E-state index is 14.1. The zero-order valence-corrected chi connectivity index (χ0v) is 17.1. The molecule has 2 aromatic rings. The summed E-state index contributed by atoms with van der Waals surface area (Å²) in [7, 11) is -4.02. The molecule has 0 radical (unpaired) electrons. The van der Waals surface area contributed by atoms with E-state index in [4.69, 9.17) is 0 Å². The molecule has 1 amide bonds. The van der Waals surface area contributed by atoms with Crippen molar-refractivity contribution in [1.29, 1.82) is 0 Å². The van der Waals surface area contributed by atoms with E-state index in [9.17, 15) is 26.4 Å². The van der Waals surface area contributed by atoms with Crippen molar-refractivity contribution < 1.29 is 26.4 Å². The number of sulfonamides is 1. The number of halogens is 3. The monoisotopic (exact) mass is 452 g/mol. The Hall–Kier alpha value is -2.92. The maximum atomic E-state index is 14.1. The van der Waals surface area contributed by atoms with Crippen molar-refractivity contribution in [3.8, 4) is 0 Å². The van der Waals surface area contributed by atoms with Gasteiger partial charge in [-0.25, -0.2) is 13.2 Å². The van der Waals surface area contributed by atoms with Crippen molar-refractivity contribution in [2.24, 2.45) is 4.40 Å². The molecule has 7 nitrogen and oxygen atoms in total. The van der Waals surface area contributed by atoms with Gasteiger partial charge in [-0.15, -0.1) is 4.40 Å². The summed E-state index contributed by atoms with van der Waals surface area (Å²) in [5, 5.41) is 2.75. The third-order valence-electron chi connectivity index (χ3n) is 5.16. The van der Waals surface area contributed by atoms with Crippen LogP contribution in [0.1, 0.15) is 16.8 Å². The Balaban J connectivity index is 1.45. The zero-order chi connectivity index (χ0) is 22.2. The van der Waals surface area contributed by atoms with Gasteiger partial charge >= 0.3 is 0 Å². The van der Waals surface area contributed by atoms with Crippen LogP contribution in [0.5, 0.6) is 0 Å². The van der Waals surface area contributed by atoms with Gasteiger partial charge in [0.15, 0.2) is 0 Å². The molecule has 1 fully saturated rings. The quantitative estimate of drug-likeness (QED) is 0.774. The third kappa shape index (κ3) is 4.42. The minimum Gasteiger partial charge on any atom is -0.338 e. The van der Waals surface area contributed by atoms with E-state index in [1.54, 1.807) is 0 Å². The Labute approximate surface area is 177 Å². The maximum Gasteiger partial charge on any atom is 0.286 e. The lowest BCUT2D eigenvalue weighted by Gasteiger charge is -2.25. The van der Waals surface area contributed by atoms with E-state index in [-0.39, 0.29) is 35.1 Å². The second-order valence-corrected chi connectivity index (χ2v) is 8.87. The summed E-state index contributed by atoms with van der Waals surface area (Å²) in [6.07, 6.45) is 0.555. The van der Waals surface area contributed by atoms with Gasteiger partial charge in [0.05, 0.1) is 17.8 Å². The predicted molar refractivity (Wildman–Crippen MR) is 108 cm³/mol. The SMILES string of the molecule is O=C(c1ccc(F)cc1F)N1CCCN(CC2=NS(=O)(=O)c3cccc(F)c3N2)CC1. The standard InChI is InChI=1S/C20H19F3N4O3S/c21-13-5-6-14(16(23)11-13)20(28)27-8-2-7-26(9-10-27)12-18-24-19-15(22)3-1-4-17(19)31(29,30)25-18/h1,3-6,11H,2,7-10,12H2,(H,24,25). The average Bonchev–Trinajstić information content (AvgIpc) is 2.93. The number of nitrogens with one attached hydrogen (secondary N) is 1. The van der Waals surface area contributed by atoms with Crippen LogP contribution in [0.4, 0.5) is 18.9 Å². The number of amidine groups is 1. The lowest BCUT2D eigenvalue weighted by atomic mass is 10.1. The molecule has 2 heterocycles. The Bertz CT molecular complexity index is 1170. The van der Waals surface area contributed by atoms with Gasteiger partial charge in [0, 0.05) is 32.2 Å². The molecule has 2 aliphatic heterocycles. The second-order valence-electron chi connectivity index (χ2n) is 7.30. The first-order valence-electron chi connectivity index (χ1n) is 9.61. The minimum absolute atomic E-state index is 0.0851. The number of anilines is 1. The van der Waals surface area contributed by atoms with Gasteiger partial charge in [-0.05, 0) is 30.7 Å². The normalized spacial score (nSPS) is 18.5. The van der Waals surface area contributed by atoms with Crippen LogP contribution < -0.4 is 5.32 Å². The Morgan fingerprint density at radius 1 is 1.03 bits per heavy atom. The van der Waals surface area contributed by atoms with Gasteiger partial charge in [-0.3, -0.25) is 9.69 Å². The van der Waals surface area contributed by atoms with Crippen LogP contribution in [-0.2, 0) is 10.0 Å². The molecule has 2 aromatic carbocycles. The van der Waals surface area contributed by atoms with E-state index >= 15 is 0 Å². The van der Waals surface area contributed by atoms with Crippen LogP contribution in [0.15, 0.2) is 45.7 Å². The number of carbonyl (C=O) groups is 1. The topological polar surface area (TPSA) is 82.1 Å². The van der Waals surface area contributed by atoms with Gasteiger partial charge in [0.2, 0.25) is 0 Å². The second kappa shape index (κ2) is 8.31. The molecule has 164 valence electrons. The van der Waals surface area contributed by atoms with Crippen LogP contribution in [0.25, 0.3) is 0 Å². The molecule has 0 saturated carbocycles. The average molecular weight is 452 g/mol. The highest BCUT2D eigenvalue weighted by atomic mass is 32.2. The van der Waals surface area contributed by atoms with E-state index in [0.717, 1.165) is 18.2 Å². The fourth-order valence-electron chi connectivity index (χ4n) is 3.65. The van der Waals surface area contributed by atoms with Crippen LogP contribution in [0.2, 0.25) is 0 Å². The molecule has 11 heteroatoms. The number of carbonyl (C=O) groups excluding carboxylic acids is 1. The molecule has 2 aliphatic rings. The van der Waals surface area contributed by atoms with Crippen molar-refractivity contribution in [1.82, 2.24) is 9.80 Å². The molecular weight excluding hydrogens is 433 g/mol. The van der Waals surface area contributed by atoms with Crippen molar-refractivity contribution in [2.75, 3.05) is 38.0 Å². The van der Waals surface area contributed by atoms with E-state index in [1.807, 2.05) is 4.90 Å². The lowest BCUT2D eigenvalue weighted by molar-refractivity contribution is 0.0757. The Morgan fingerprint density at radius 3 is 2.61 bits per heavy atom. The van der Waals surface area contributed by atoms with Gasteiger partial charge < -0.3 is 10.2 Å². The number of hydrogen-bond donors (Lipinski definition) is 1. The predicted octanol–water partition coefficient (Wildman–Crippen LogP) is 2.46. The molecule has 4 rings (SSSR count). The van der Waals surface area contributed by atoms with E-state index in [1.165, 1.54) is 17.0 Å². The first-order chi connectivity index (χ1) is 14.7. The fraction of sp³-hybridized carbons (Fsp3) is 0.300. The molecule has 0 atom stereocenters. The smallest absolute Gasteiger partial charge is 0.286 e. The number of para-hydroxylation sites is 1.